The van der Waals surface area contributed by atoms with Crippen LogP contribution in [0.25, 0.3) is 0 Å². The van der Waals surface area contributed by atoms with Gasteiger partial charge in [-0.3, -0.25) is 8.86 Å². The lowest BCUT2D eigenvalue weighted by molar-refractivity contribution is 0.249. The summed E-state index contributed by atoms with van der Waals surface area (Å²) in [6.07, 6.45) is -0.425. The first kappa shape index (κ1) is 12.5. The van der Waals surface area contributed by atoms with Gasteiger partial charge >= 0.3 is 10.1 Å². The lowest BCUT2D eigenvalue weighted by Crippen LogP contribution is -2.13. The monoisotopic (exact) mass is 252 g/mol. The minimum absolute atomic E-state index is 0.0552. The van der Waals surface area contributed by atoms with Gasteiger partial charge in [-0.15, -0.1) is 0 Å². The highest BCUT2D eigenvalue weighted by Gasteiger charge is 2.26. The van der Waals surface area contributed by atoms with Gasteiger partial charge in [0.1, 0.15) is 5.15 Å². The van der Waals surface area contributed by atoms with E-state index < -0.39 is 16.2 Å². The first-order valence-electron chi connectivity index (χ1n) is 4.38. The molecule has 0 amide bonds. The first-order chi connectivity index (χ1) is 6.75. The fourth-order valence-corrected chi connectivity index (χ4v) is 3.00. The molecule has 0 aliphatic rings. The quantitative estimate of drug-likeness (QED) is 0.765. The van der Waals surface area contributed by atoms with Crippen molar-refractivity contribution in [1.82, 2.24) is 9.78 Å². The molecule has 0 aliphatic carbocycles. The second-order valence-corrected chi connectivity index (χ2v) is 5.30. The van der Waals surface area contributed by atoms with Crippen LogP contribution in [0.1, 0.15) is 19.5 Å². The Hall–Kier alpha value is -0.590. The molecule has 1 aromatic rings. The normalized spacial score (nSPS) is 12.4. The Morgan fingerprint density at radius 3 is 2.33 bits per heavy atom. The molecule has 0 saturated carbocycles. The van der Waals surface area contributed by atoms with Gasteiger partial charge in [0, 0.05) is 7.05 Å². The molecule has 86 valence electrons. The third-order valence-corrected chi connectivity index (χ3v) is 3.84. The predicted octanol–water partition coefficient (Wildman–Crippen LogP) is 1.50. The molecule has 15 heavy (non-hydrogen) atoms. The Labute approximate surface area is 94.1 Å². The number of rotatable bonds is 3. The van der Waals surface area contributed by atoms with E-state index in [-0.39, 0.29) is 10.0 Å². The highest BCUT2D eigenvalue weighted by atomic mass is 35.5. The van der Waals surface area contributed by atoms with Crippen molar-refractivity contribution in [2.24, 2.45) is 7.05 Å². The Morgan fingerprint density at radius 1 is 1.47 bits per heavy atom. The summed E-state index contributed by atoms with van der Waals surface area (Å²) in [6, 6.07) is 0. The van der Waals surface area contributed by atoms with Crippen molar-refractivity contribution in [3.05, 3.63) is 10.8 Å². The Balaban J connectivity index is 3.27. The molecule has 0 N–H and O–H groups in total. The highest BCUT2D eigenvalue weighted by Crippen LogP contribution is 2.26. The van der Waals surface area contributed by atoms with Crippen LogP contribution in [0.3, 0.4) is 0 Å². The number of aryl methyl sites for hydroxylation is 2. The van der Waals surface area contributed by atoms with Gasteiger partial charge in [-0.25, -0.2) is 0 Å². The zero-order valence-corrected chi connectivity index (χ0v) is 10.6. The number of halogens is 1. The molecule has 1 aromatic heterocycles. The van der Waals surface area contributed by atoms with Gasteiger partial charge in [0.05, 0.1) is 11.8 Å². The molecular formula is C8H13ClN2O3S. The van der Waals surface area contributed by atoms with E-state index in [0.717, 1.165) is 0 Å². The lowest BCUT2D eigenvalue weighted by Gasteiger charge is -2.07. The van der Waals surface area contributed by atoms with E-state index in [1.807, 2.05) is 0 Å². The van der Waals surface area contributed by atoms with Crippen LogP contribution in [-0.2, 0) is 21.3 Å². The largest absolute Gasteiger partial charge is 0.302 e. The predicted molar refractivity (Wildman–Crippen MR) is 56.4 cm³/mol. The number of aromatic nitrogens is 2. The zero-order valence-electron chi connectivity index (χ0n) is 8.98. The van der Waals surface area contributed by atoms with Crippen LogP contribution in [0.4, 0.5) is 0 Å². The Kier molecular flexibility index (Phi) is 3.42. The minimum atomic E-state index is -3.82. The maximum absolute atomic E-state index is 11.7. The minimum Gasteiger partial charge on any atom is -0.263 e. The van der Waals surface area contributed by atoms with Crippen molar-refractivity contribution < 1.29 is 12.6 Å². The molecule has 0 spiro atoms. The van der Waals surface area contributed by atoms with Crippen LogP contribution in [0.2, 0.25) is 5.15 Å². The number of nitrogens with zero attached hydrogens (tertiary/aromatic N) is 2. The molecule has 0 aliphatic heterocycles. The molecule has 0 unspecified atom stereocenters. The third-order valence-electron chi connectivity index (χ3n) is 1.67. The van der Waals surface area contributed by atoms with E-state index in [4.69, 9.17) is 15.8 Å². The Bertz CT molecular complexity index is 464. The molecule has 5 nitrogen and oxygen atoms in total. The van der Waals surface area contributed by atoms with Crippen LogP contribution in [0, 0.1) is 6.92 Å². The molecule has 0 fully saturated rings. The molecular weight excluding hydrogens is 240 g/mol. The maximum atomic E-state index is 11.7. The van der Waals surface area contributed by atoms with Crippen molar-refractivity contribution in [3.8, 4) is 0 Å². The van der Waals surface area contributed by atoms with Crippen molar-refractivity contribution >= 4 is 21.7 Å². The van der Waals surface area contributed by atoms with Crippen LogP contribution >= 0.6 is 11.6 Å². The van der Waals surface area contributed by atoms with Crippen LogP contribution in [-0.4, -0.2) is 24.3 Å². The molecule has 7 heteroatoms. The number of hydrogen-bond donors (Lipinski definition) is 0. The zero-order chi connectivity index (χ0) is 11.8. The van der Waals surface area contributed by atoms with Crippen LogP contribution in [0.15, 0.2) is 4.90 Å². The summed E-state index contributed by atoms with van der Waals surface area (Å²) in [5, 5.41) is 3.97. The topological polar surface area (TPSA) is 61.2 Å². The second-order valence-electron chi connectivity index (χ2n) is 3.43. The molecule has 1 rings (SSSR count). The van der Waals surface area contributed by atoms with Gasteiger partial charge in [0.25, 0.3) is 0 Å². The average Bonchev–Trinajstić information content (AvgIpc) is 2.23. The first-order valence-corrected chi connectivity index (χ1v) is 6.16. The highest BCUT2D eigenvalue weighted by molar-refractivity contribution is 7.87. The van der Waals surface area contributed by atoms with Crippen LogP contribution < -0.4 is 0 Å². The summed E-state index contributed by atoms with van der Waals surface area (Å²) in [5.41, 5.74) is 0.336. The summed E-state index contributed by atoms with van der Waals surface area (Å²) in [7, 11) is -2.24. The third kappa shape index (κ3) is 2.50. The molecule has 0 saturated heterocycles. The summed E-state index contributed by atoms with van der Waals surface area (Å²) in [6.45, 7) is 4.84. The van der Waals surface area contributed by atoms with E-state index in [0.29, 0.717) is 5.69 Å². The van der Waals surface area contributed by atoms with Gasteiger partial charge in [0.2, 0.25) is 0 Å². The van der Waals surface area contributed by atoms with Crippen molar-refractivity contribution in [1.29, 1.82) is 0 Å². The standard InChI is InChI=1S/C8H13ClN2O3S/c1-5(2)14-15(12,13)7-6(3)10-11(4)8(7)9/h5H,1-4H3. The second kappa shape index (κ2) is 4.11. The van der Waals surface area contributed by atoms with E-state index in [1.165, 1.54) is 4.68 Å². The van der Waals surface area contributed by atoms with E-state index in [2.05, 4.69) is 5.10 Å². The summed E-state index contributed by atoms with van der Waals surface area (Å²) in [5.74, 6) is 0. The van der Waals surface area contributed by atoms with Gasteiger partial charge in [-0.05, 0) is 20.8 Å². The summed E-state index contributed by atoms with van der Waals surface area (Å²) >= 11 is 5.82. The summed E-state index contributed by atoms with van der Waals surface area (Å²) < 4.78 is 29.6. The fourth-order valence-electron chi connectivity index (χ4n) is 1.20. The van der Waals surface area contributed by atoms with Crippen LogP contribution in [0.5, 0.6) is 0 Å². The van der Waals surface area contributed by atoms with Gasteiger partial charge in [-0.2, -0.15) is 13.5 Å². The van der Waals surface area contributed by atoms with E-state index in [1.54, 1.807) is 27.8 Å². The maximum Gasteiger partial charge on any atom is 0.302 e. The van der Waals surface area contributed by atoms with Gasteiger partial charge in [-0.1, -0.05) is 11.6 Å². The fraction of sp³-hybridized carbons (Fsp3) is 0.625. The molecule has 0 bridgehead atoms. The van der Waals surface area contributed by atoms with Gasteiger partial charge < -0.3 is 0 Å². The van der Waals surface area contributed by atoms with E-state index >= 15 is 0 Å². The van der Waals surface area contributed by atoms with Crippen molar-refractivity contribution in [3.63, 3.8) is 0 Å². The molecule has 1 heterocycles. The molecule has 0 aromatic carbocycles. The Morgan fingerprint density at radius 2 is 2.00 bits per heavy atom. The summed E-state index contributed by atoms with van der Waals surface area (Å²) in [4.78, 5) is -0.0552. The number of hydrogen-bond acceptors (Lipinski definition) is 4. The van der Waals surface area contributed by atoms with Crippen molar-refractivity contribution in [2.45, 2.75) is 31.8 Å². The van der Waals surface area contributed by atoms with Crippen molar-refractivity contribution in [2.75, 3.05) is 0 Å². The SMILES string of the molecule is Cc1nn(C)c(Cl)c1S(=O)(=O)OC(C)C. The average molecular weight is 253 g/mol. The smallest absolute Gasteiger partial charge is 0.263 e. The molecule has 0 radical (unpaired) electrons. The lowest BCUT2D eigenvalue weighted by atomic mass is 10.5. The molecule has 0 atom stereocenters. The van der Waals surface area contributed by atoms with Gasteiger partial charge in [0.15, 0.2) is 4.90 Å². The van der Waals surface area contributed by atoms with E-state index in [9.17, 15) is 8.42 Å².